The van der Waals surface area contributed by atoms with Crippen molar-refractivity contribution in [1.29, 1.82) is 0 Å². The highest BCUT2D eigenvalue weighted by Gasteiger charge is 2.00. The van der Waals surface area contributed by atoms with Gasteiger partial charge in [-0.15, -0.1) is 0 Å². The van der Waals surface area contributed by atoms with Crippen molar-refractivity contribution in [3.63, 3.8) is 0 Å². The monoisotopic (exact) mass is 178 g/mol. The maximum absolute atomic E-state index is 12.8. The van der Waals surface area contributed by atoms with Gasteiger partial charge in [-0.1, -0.05) is 12.1 Å². The molecule has 0 atom stereocenters. The van der Waals surface area contributed by atoms with E-state index in [1.807, 2.05) is 0 Å². The summed E-state index contributed by atoms with van der Waals surface area (Å²) in [5.41, 5.74) is 0.946. The van der Waals surface area contributed by atoms with Crippen LogP contribution in [-0.2, 0) is 0 Å². The highest BCUT2D eigenvalue weighted by atomic mass is 19.1. The van der Waals surface area contributed by atoms with E-state index in [1.54, 1.807) is 12.1 Å². The predicted octanol–water partition coefficient (Wildman–Crippen LogP) is 1.51. The van der Waals surface area contributed by atoms with Gasteiger partial charge in [-0.3, -0.25) is 0 Å². The van der Waals surface area contributed by atoms with E-state index < -0.39 is 0 Å². The van der Waals surface area contributed by atoms with E-state index in [0.717, 1.165) is 0 Å². The Hall–Kier alpha value is -1.84. The Morgan fingerprint density at radius 2 is 2.15 bits per heavy atom. The number of hydrogen-bond acceptors (Lipinski definition) is 1. The number of rotatable bonds is 1. The lowest BCUT2D eigenvalue weighted by Gasteiger charge is -1.95. The quantitative estimate of drug-likeness (QED) is 0.683. The van der Waals surface area contributed by atoms with Crippen LogP contribution in [0.3, 0.4) is 0 Å². The van der Waals surface area contributed by atoms with Gasteiger partial charge in [-0.05, 0) is 12.1 Å². The molecule has 4 heteroatoms. The van der Waals surface area contributed by atoms with Gasteiger partial charge in [0.05, 0.1) is 5.69 Å². The molecule has 0 spiro atoms. The third-order valence-corrected chi connectivity index (χ3v) is 1.73. The number of nitrogens with one attached hydrogen (secondary N) is 2. The molecule has 0 aliphatic heterocycles. The molecular weight excluding hydrogens is 171 g/mol. The SMILES string of the molecule is O=c1[nH]cc(-c2cccc(F)c2)[nH]1. The van der Waals surface area contributed by atoms with Gasteiger partial charge in [0.25, 0.3) is 0 Å². The fourth-order valence-electron chi connectivity index (χ4n) is 1.14. The van der Waals surface area contributed by atoms with Crippen molar-refractivity contribution in [2.24, 2.45) is 0 Å². The summed E-state index contributed by atoms with van der Waals surface area (Å²) in [4.78, 5) is 15.7. The molecule has 2 rings (SSSR count). The van der Waals surface area contributed by atoms with Crippen LogP contribution < -0.4 is 5.69 Å². The molecule has 0 amide bonds. The lowest BCUT2D eigenvalue weighted by atomic mass is 10.2. The Morgan fingerprint density at radius 3 is 2.77 bits per heavy atom. The first-order valence-electron chi connectivity index (χ1n) is 3.79. The Morgan fingerprint density at radius 1 is 1.31 bits per heavy atom. The van der Waals surface area contributed by atoms with Gasteiger partial charge in [0.1, 0.15) is 5.82 Å². The molecule has 0 bridgehead atoms. The lowest BCUT2D eigenvalue weighted by Crippen LogP contribution is -1.99. The molecule has 0 fully saturated rings. The topological polar surface area (TPSA) is 48.6 Å². The van der Waals surface area contributed by atoms with Crippen molar-refractivity contribution < 1.29 is 4.39 Å². The summed E-state index contributed by atoms with van der Waals surface area (Å²) >= 11 is 0. The summed E-state index contributed by atoms with van der Waals surface area (Å²) in [7, 11) is 0. The molecule has 2 aromatic rings. The third kappa shape index (κ3) is 1.51. The van der Waals surface area contributed by atoms with Crippen LogP contribution in [0.1, 0.15) is 0 Å². The molecule has 1 heterocycles. The van der Waals surface area contributed by atoms with Crippen LogP contribution in [-0.4, -0.2) is 9.97 Å². The number of aromatic nitrogens is 2. The van der Waals surface area contributed by atoms with E-state index in [-0.39, 0.29) is 11.5 Å². The molecule has 0 radical (unpaired) electrons. The molecule has 1 aromatic heterocycles. The molecular formula is C9H7FN2O. The van der Waals surface area contributed by atoms with Crippen LogP contribution in [0.4, 0.5) is 4.39 Å². The second kappa shape index (κ2) is 2.90. The molecule has 1 aromatic carbocycles. The van der Waals surface area contributed by atoms with Gasteiger partial charge < -0.3 is 9.97 Å². The minimum absolute atomic E-state index is 0.292. The Kier molecular flexibility index (Phi) is 1.73. The standard InChI is InChI=1S/C9H7FN2O/c10-7-3-1-2-6(4-7)8-5-11-9(13)12-8/h1-5H,(H2,11,12,13). The van der Waals surface area contributed by atoms with Crippen LogP contribution in [0, 0.1) is 5.82 Å². The fourth-order valence-corrected chi connectivity index (χ4v) is 1.14. The zero-order chi connectivity index (χ0) is 9.26. The fraction of sp³-hybridized carbons (Fsp3) is 0. The van der Waals surface area contributed by atoms with Crippen molar-refractivity contribution in [2.45, 2.75) is 0 Å². The van der Waals surface area contributed by atoms with Gasteiger partial charge in [0.2, 0.25) is 0 Å². The summed E-state index contributed by atoms with van der Waals surface area (Å²) in [5, 5.41) is 0. The molecule has 0 aliphatic carbocycles. The van der Waals surface area contributed by atoms with Crippen LogP contribution >= 0.6 is 0 Å². The van der Waals surface area contributed by atoms with E-state index in [2.05, 4.69) is 9.97 Å². The number of H-pyrrole nitrogens is 2. The summed E-state index contributed by atoms with van der Waals surface area (Å²) < 4.78 is 12.8. The molecule has 0 saturated heterocycles. The third-order valence-electron chi connectivity index (χ3n) is 1.73. The normalized spacial score (nSPS) is 10.2. The second-order valence-electron chi connectivity index (χ2n) is 2.67. The summed E-state index contributed by atoms with van der Waals surface area (Å²) in [6.07, 6.45) is 1.51. The molecule has 3 nitrogen and oxygen atoms in total. The van der Waals surface area contributed by atoms with Crippen LogP contribution in [0.2, 0.25) is 0 Å². The van der Waals surface area contributed by atoms with E-state index in [4.69, 9.17) is 0 Å². The number of hydrogen-bond donors (Lipinski definition) is 2. The lowest BCUT2D eigenvalue weighted by molar-refractivity contribution is 0.628. The van der Waals surface area contributed by atoms with Crippen molar-refractivity contribution >= 4 is 0 Å². The van der Waals surface area contributed by atoms with Gasteiger partial charge in [0.15, 0.2) is 0 Å². The van der Waals surface area contributed by atoms with Crippen molar-refractivity contribution in [1.82, 2.24) is 9.97 Å². The molecule has 0 aliphatic rings. The van der Waals surface area contributed by atoms with E-state index in [9.17, 15) is 9.18 Å². The van der Waals surface area contributed by atoms with Crippen LogP contribution in [0.15, 0.2) is 35.3 Å². The largest absolute Gasteiger partial charge is 0.323 e. The number of halogens is 1. The smallest absolute Gasteiger partial charge is 0.312 e. The minimum atomic E-state index is -0.320. The van der Waals surface area contributed by atoms with Crippen LogP contribution in [0.25, 0.3) is 11.3 Å². The number of aromatic amines is 2. The summed E-state index contributed by atoms with van der Waals surface area (Å²) in [5.74, 6) is -0.320. The first-order valence-corrected chi connectivity index (χ1v) is 3.79. The predicted molar refractivity (Wildman–Crippen MR) is 46.8 cm³/mol. The average molecular weight is 178 g/mol. The Bertz CT molecular complexity index is 472. The molecule has 66 valence electrons. The maximum Gasteiger partial charge on any atom is 0.323 e. The Labute approximate surface area is 73.2 Å². The highest BCUT2D eigenvalue weighted by molar-refractivity contribution is 5.57. The molecule has 2 N–H and O–H groups in total. The zero-order valence-electron chi connectivity index (χ0n) is 6.67. The van der Waals surface area contributed by atoms with Gasteiger partial charge in [0, 0.05) is 11.8 Å². The van der Waals surface area contributed by atoms with Gasteiger partial charge in [-0.25, -0.2) is 9.18 Å². The molecule has 0 unspecified atom stereocenters. The first kappa shape index (κ1) is 7.79. The van der Waals surface area contributed by atoms with Crippen molar-refractivity contribution in [3.8, 4) is 11.3 Å². The molecule has 0 saturated carbocycles. The van der Waals surface area contributed by atoms with Crippen molar-refractivity contribution in [2.75, 3.05) is 0 Å². The second-order valence-corrected chi connectivity index (χ2v) is 2.67. The number of imidazole rings is 1. The maximum atomic E-state index is 12.8. The van der Waals surface area contributed by atoms with Gasteiger partial charge in [-0.2, -0.15) is 0 Å². The number of benzene rings is 1. The van der Waals surface area contributed by atoms with Crippen LogP contribution in [0.5, 0.6) is 0 Å². The van der Waals surface area contributed by atoms with Gasteiger partial charge >= 0.3 is 5.69 Å². The minimum Gasteiger partial charge on any atom is -0.312 e. The summed E-state index contributed by atoms with van der Waals surface area (Å²) in [6.45, 7) is 0. The van der Waals surface area contributed by atoms with E-state index >= 15 is 0 Å². The Balaban J connectivity index is 2.52. The highest BCUT2D eigenvalue weighted by Crippen LogP contribution is 2.15. The van der Waals surface area contributed by atoms with E-state index in [1.165, 1.54) is 18.3 Å². The van der Waals surface area contributed by atoms with E-state index in [0.29, 0.717) is 11.3 Å². The summed E-state index contributed by atoms with van der Waals surface area (Å²) in [6, 6.07) is 6.03. The molecule has 13 heavy (non-hydrogen) atoms. The zero-order valence-corrected chi connectivity index (χ0v) is 6.67. The van der Waals surface area contributed by atoms with Crippen molar-refractivity contribution in [3.05, 3.63) is 46.8 Å². The average Bonchev–Trinajstić information content (AvgIpc) is 2.52. The first-order chi connectivity index (χ1) is 6.25.